The highest BCUT2D eigenvalue weighted by Gasteiger charge is 2.57. The SMILES string of the molecule is COc1cccc2c1CC1(CCN(c3ccccc3)C1=O)C2=O. The van der Waals surface area contributed by atoms with Gasteiger partial charge in [0.15, 0.2) is 5.78 Å². The summed E-state index contributed by atoms with van der Waals surface area (Å²) in [5.74, 6) is 0.542. The number of ketones is 1. The summed E-state index contributed by atoms with van der Waals surface area (Å²) in [6.45, 7) is 0.574. The first kappa shape index (κ1) is 14.0. The average Bonchev–Trinajstić information content (AvgIpc) is 3.07. The van der Waals surface area contributed by atoms with Crippen LogP contribution in [-0.2, 0) is 11.2 Å². The molecule has 1 fully saturated rings. The maximum Gasteiger partial charge on any atom is 0.241 e. The Morgan fingerprint density at radius 1 is 1.04 bits per heavy atom. The standard InChI is InChI=1S/C19H17NO3/c1-23-16-9-5-8-14-15(16)12-19(17(14)21)10-11-20(18(19)22)13-6-3-2-4-7-13/h2-9H,10-12H2,1H3. The number of Topliss-reactive ketones (excluding diaryl/α,β-unsaturated/α-hetero) is 1. The third-order valence-electron chi connectivity index (χ3n) is 5.00. The second-order valence-electron chi connectivity index (χ2n) is 6.12. The molecular formula is C19H17NO3. The molecule has 4 rings (SSSR count). The van der Waals surface area contributed by atoms with Gasteiger partial charge in [-0.05, 0) is 31.0 Å². The molecule has 0 radical (unpaired) electrons. The molecule has 2 aliphatic rings. The Bertz CT molecular complexity index is 800. The predicted octanol–water partition coefficient (Wildman–Crippen LogP) is 2.86. The maximum atomic E-state index is 13.1. The van der Waals surface area contributed by atoms with Gasteiger partial charge in [0.1, 0.15) is 11.2 Å². The van der Waals surface area contributed by atoms with Crippen LogP contribution in [0.4, 0.5) is 5.69 Å². The van der Waals surface area contributed by atoms with Crippen molar-refractivity contribution < 1.29 is 14.3 Å². The van der Waals surface area contributed by atoms with Crippen LogP contribution >= 0.6 is 0 Å². The summed E-state index contributed by atoms with van der Waals surface area (Å²) < 4.78 is 5.38. The number of hydrogen-bond acceptors (Lipinski definition) is 3. The zero-order valence-corrected chi connectivity index (χ0v) is 12.9. The molecule has 1 saturated heterocycles. The van der Waals surface area contributed by atoms with Gasteiger partial charge in [-0.2, -0.15) is 0 Å². The third-order valence-corrected chi connectivity index (χ3v) is 5.00. The molecule has 0 aromatic heterocycles. The third kappa shape index (κ3) is 1.84. The van der Waals surface area contributed by atoms with E-state index in [0.29, 0.717) is 30.7 Å². The van der Waals surface area contributed by atoms with Gasteiger partial charge in [-0.3, -0.25) is 9.59 Å². The zero-order chi connectivity index (χ0) is 16.0. The van der Waals surface area contributed by atoms with Gasteiger partial charge in [0.25, 0.3) is 0 Å². The van der Waals surface area contributed by atoms with Crippen LogP contribution in [0.2, 0.25) is 0 Å². The molecule has 0 saturated carbocycles. The van der Waals surface area contributed by atoms with E-state index in [1.807, 2.05) is 42.5 Å². The smallest absolute Gasteiger partial charge is 0.241 e. The van der Waals surface area contributed by atoms with Crippen LogP contribution in [0.25, 0.3) is 0 Å². The lowest BCUT2D eigenvalue weighted by Crippen LogP contribution is -2.38. The largest absolute Gasteiger partial charge is 0.496 e. The molecule has 1 aliphatic heterocycles. The van der Waals surface area contributed by atoms with E-state index in [1.54, 1.807) is 18.1 Å². The highest BCUT2D eigenvalue weighted by molar-refractivity contribution is 6.22. The number of carbonyl (C=O) groups excluding carboxylic acids is 2. The van der Waals surface area contributed by atoms with E-state index in [1.165, 1.54) is 0 Å². The monoisotopic (exact) mass is 307 g/mol. The summed E-state index contributed by atoms with van der Waals surface area (Å²) in [6.07, 6.45) is 0.991. The lowest BCUT2D eigenvalue weighted by molar-refractivity contribution is -0.123. The van der Waals surface area contributed by atoms with Gasteiger partial charge in [-0.25, -0.2) is 0 Å². The fraction of sp³-hybridized carbons (Fsp3) is 0.263. The molecule has 4 nitrogen and oxygen atoms in total. The lowest BCUT2D eigenvalue weighted by Gasteiger charge is -2.21. The Balaban J connectivity index is 1.74. The second-order valence-corrected chi connectivity index (χ2v) is 6.12. The molecule has 0 bridgehead atoms. The van der Waals surface area contributed by atoms with E-state index in [0.717, 1.165) is 11.3 Å². The molecule has 2 aromatic carbocycles. The van der Waals surface area contributed by atoms with Gasteiger partial charge in [-0.1, -0.05) is 30.3 Å². The average molecular weight is 307 g/mol. The molecule has 116 valence electrons. The number of nitrogens with zero attached hydrogens (tertiary/aromatic N) is 1. The normalized spacial score (nSPS) is 22.7. The number of amides is 1. The van der Waals surface area contributed by atoms with Gasteiger partial charge in [0.05, 0.1) is 7.11 Å². The Labute approximate surface area is 134 Å². The number of para-hydroxylation sites is 1. The molecule has 1 atom stereocenters. The summed E-state index contributed by atoms with van der Waals surface area (Å²) >= 11 is 0. The Morgan fingerprint density at radius 2 is 1.83 bits per heavy atom. The van der Waals surface area contributed by atoms with Crippen molar-refractivity contribution in [1.82, 2.24) is 0 Å². The molecule has 4 heteroatoms. The molecular weight excluding hydrogens is 290 g/mol. The highest BCUT2D eigenvalue weighted by atomic mass is 16.5. The minimum Gasteiger partial charge on any atom is -0.496 e. The minimum atomic E-state index is -0.952. The van der Waals surface area contributed by atoms with Crippen LogP contribution < -0.4 is 9.64 Å². The minimum absolute atomic E-state index is 0.0603. The number of hydrogen-bond donors (Lipinski definition) is 0. The number of rotatable bonds is 2. The van der Waals surface area contributed by atoms with Crippen LogP contribution in [0, 0.1) is 5.41 Å². The van der Waals surface area contributed by atoms with Crippen LogP contribution in [0.3, 0.4) is 0 Å². The topological polar surface area (TPSA) is 46.6 Å². The summed E-state index contributed by atoms with van der Waals surface area (Å²) in [7, 11) is 1.60. The van der Waals surface area contributed by atoms with Crippen LogP contribution in [-0.4, -0.2) is 25.3 Å². The van der Waals surface area contributed by atoms with Crippen molar-refractivity contribution in [3.05, 3.63) is 59.7 Å². The van der Waals surface area contributed by atoms with Crippen molar-refractivity contribution in [2.45, 2.75) is 12.8 Å². The molecule has 1 unspecified atom stereocenters. The van der Waals surface area contributed by atoms with Gasteiger partial charge in [-0.15, -0.1) is 0 Å². The van der Waals surface area contributed by atoms with Crippen LogP contribution in [0.5, 0.6) is 5.75 Å². The highest BCUT2D eigenvalue weighted by Crippen LogP contribution is 2.48. The van der Waals surface area contributed by atoms with Gasteiger partial charge in [0, 0.05) is 23.4 Å². The van der Waals surface area contributed by atoms with Crippen molar-refractivity contribution in [2.75, 3.05) is 18.6 Å². The molecule has 23 heavy (non-hydrogen) atoms. The molecule has 1 heterocycles. The zero-order valence-electron chi connectivity index (χ0n) is 12.9. The van der Waals surface area contributed by atoms with Crippen molar-refractivity contribution in [3.8, 4) is 5.75 Å². The first-order chi connectivity index (χ1) is 11.2. The summed E-state index contributed by atoms with van der Waals surface area (Å²) in [5.41, 5.74) is 1.40. The lowest BCUT2D eigenvalue weighted by atomic mass is 9.82. The van der Waals surface area contributed by atoms with Crippen LogP contribution in [0.15, 0.2) is 48.5 Å². The first-order valence-corrected chi connectivity index (χ1v) is 7.75. The van der Waals surface area contributed by atoms with E-state index in [4.69, 9.17) is 4.74 Å². The van der Waals surface area contributed by atoms with Crippen molar-refractivity contribution in [2.24, 2.45) is 5.41 Å². The number of anilines is 1. The maximum absolute atomic E-state index is 13.1. The van der Waals surface area contributed by atoms with E-state index in [-0.39, 0.29) is 11.7 Å². The molecule has 0 N–H and O–H groups in total. The quantitative estimate of drug-likeness (QED) is 0.802. The fourth-order valence-corrected chi connectivity index (χ4v) is 3.79. The predicted molar refractivity (Wildman–Crippen MR) is 86.9 cm³/mol. The number of methoxy groups -OCH3 is 1. The first-order valence-electron chi connectivity index (χ1n) is 7.75. The fourth-order valence-electron chi connectivity index (χ4n) is 3.79. The number of fused-ring (bicyclic) bond motifs is 1. The van der Waals surface area contributed by atoms with Crippen molar-refractivity contribution in [1.29, 1.82) is 0 Å². The van der Waals surface area contributed by atoms with E-state index >= 15 is 0 Å². The van der Waals surface area contributed by atoms with Crippen molar-refractivity contribution in [3.63, 3.8) is 0 Å². The molecule has 2 aromatic rings. The van der Waals surface area contributed by atoms with E-state index in [2.05, 4.69) is 0 Å². The van der Waals surface area contributed by atoms with Gasteiger partial charge in [0.2, 0.25) is 5.91 Å². The Kier molecular flexibility index (Phi) is 3.01. The van der Waals surface area contributed by atoms with Gasteiger partial charge < -0.3 is 9.64 Å². The summed E-state index contributed by atoms with van der Waals surface area (Å²) in [4.78, 5) is 27.8. The van der Waals surface area contributed by atoms with E-state index < -0.39 is 5.41 Å². The number of benzene rings is 2. The second kappa shape index (κ2) is 4.95. The summed E-state index contributed by atoms with van der Waals surface area (Å²) in [5, 5.41) is 0. The summed E-state index contributed by atoms with van der Waals surface area (Å²) in [6, 6.07) is 15.0. The molecule has 1 amide bonds. The van der Waals surface area contributed by atoms with Crippen LogP contribution in [0.1, 0.15) is 22.3 Å². The van der Waals surface area contributed by atoms with E-state index in [9.17, 15) is 9.59 Å². The van der Waals surface area contributed by atoms with Gasteiger partial charge >= 0.3 is 0 Å². The molecule has 1 aliphatic carbocycles. The Morgan fingerprint density at radius 3 is 2.57 bits per heavy atom. The molecule has 1 spiro atoms. The van der Waals surface area contributed by atoms with Crippen molar-refractivity contribution >= 4 is 17.4 Å². The number of ether oxygens (including phenoxy) is 1. The number of carbonyl (C=O) groups is 2. The Hall–Kier alpha value is -2.62.